The Kier molecular flexibility index (Phi) is 7.57. The second-order valence-electron chi connectivity index (χ2n) is 5.10. The fourth-order valence-electron chi connectivity index (χ4n) is 1.86. The first kappa shape index (κ1) is 21.1. The lowest BCUT2D eigenvalue weighted by molar-refractivity contribution is -0.137. The predicted molar refractivity (Wildman–Crippen MR) is 98.3 cm³/mol. The van der Waals surface area contributed by atoms with E-state index in [2.05, 4.69) is 25.0 Å². The number of alkyl halides is 3. The first-order valence-corrected chi connectivity index (χ1v) is 9.16. The number of anilines is 2. The van der Waals surface area contributed by atoms with Crippen LogP contribution in [0.25, 0.3) is 0 Å². The summed E-state index contributed by atoms with van der Waals surface area (Å²) in [5.41, 5.74) is -0.223. The van der Waals surface area contributed by atoms with Crippen LogP contribution in [0.3, 0.4) is 0 Å². The van der Waals surface area contributed by atoms with E-state index in [1.54, 1.807) is 19.2 Å². The van der Waals surface area contributed by atoms with Crippen molar-refractivity contribution in [1.82, 2.24) is 9.71 Å². The number of hydrogen-bond donors (Lipinski definition) is 2. The highest BCUT2D eigenvalue weighted by molar-refractivity contribution is 7.83. The summed E-state index contributed by atoms with van der Waals surface area (Å²) in [5.74, 6) is 0.451. The van der Waals surface area contributed by atoms with E-state index < -0.39 is 22.7 Å². The summed E-state index contributed by atoms with van der Waals surface area (Å²) in [6.45, 7) is 0.652. The van der Waals surface area contributed by atoms with Gasteiger partial charge in [-0.3, -0.25) is 0 Å². The predicted octanol–water partition coefficient (Wildman–Crippen LogP) is 4.05. The van der Waals surface area contributed by atoms with Crippen LogP contribution in [0.5, 0.6) is 0 Å². The van der Waals surface area contributed by atoms with Crippen LogP contribution in [0.15, 0.2) is 52.6 Å². The largest absolute Gasteiger partial charge is 0.416 e. The van der Waals surface area contributed by atoms with E-state index in [0.29, 0.717) is 28.2 Å². The molecule has 2 N–H and O–H groups in total. The van der Waals surface area contributed by atoms with Gasteiger partial charge >= 0.3 is 6.18 Å². The number of halogens is 4. The topological polar surface area (TPSA) is 75.6 Å². The molecule has 0 aliphatic carbocycles. The van der Waals surface area contributed by atoms with E-state index >= 15 is 0 Å². The first-order chi connectivity index (χ1) is 12.8. The molecule has 1 aromatic carbocycles. The van der Waals surface area contributed by atoms with E-state index in [1.165, 1.54) is 18.3 Å². The monoisotopic (exact) mass is 420 g/mol. The van der Waals surface area contributed by atoms with Gasteiger partial charge in [-0.1, -0.05) is 16.8 Å². The van der Waals surface area contributed by atoms with Crippen molar-refractivity contribution in [3.05, 3.63) is 48.2 Å². The van der Waals surface area contributed by atoms with Crippen LogP contribution >= 0.6 is 11.6 Å². The van der Waals surface area contributed by atoms with Gasteiger partial charge in [-0.25, -0.2) is 13.9 Å². The Balaban J connectivity index is 0.000000369. The molecule has 0 amide bonds. The summed E-state index contributed by atoms with van der Waals surface area (Å²) < 4.78 is 51.3. The zero-order valence-electron chi connectivity index (χ0n) is 14.1. The van der Waals surface area contributed by atoms with Crippen molar-refractivity contribution in [3.63, 3.8) is 0 Å². The SMILES string of the molecule is CNS(=O)c1ccc(Nc2ccc(C(F)(F)F)cc2)nc1.ClC1=NOCC1. The maximum Gasteiger partial charge on any atom is 0.416 e. The molecule has 6 nitrogen and oxygen atoms in total. The van der Waals surface area contributed by atoms with Crippen molar-refractivity contribution >= 4 is 39.3 Å². The number of rotatable bonds is 4. The lowest BCUT2D eigenvalue weighted by atomic mass is 10.2. The molecule has 0 spiro atoms. The molecular formula is C16H16ClF3N4O2S. The van der Waals surface area contributed by atoms with Gasteiger partial charge in [0.2, 0.25) is 0 Å². The van der Waals surface area contributed by atoms with Gasteiger partial charge in [0.05, 0.1) is 10.5 Å². The molecule has 3 rings (SSSR count). The standard InChI is InChI=1S/C13H12F3N3OS.C3H4ClNO/c1-17-21(20)11-6-7-12(18-8-11)19-10-4-2-9(3-5-10)13(14,15)16;4-3-1-2-6-5-3/h2-8,17H,1H3,(H,18,19);1-2H2. The number of pyridine rings is 1. The van der Waals surface area contributed by atoms with Crippen LogP contribution in [0.4, 0.5) is 24.7 Å². The maximum atomic E-state index is 12.4. The molecule has 0 saturated carbocycles. The van der Waals surface area contributed by atoms with Gasteiger partial charge < -0.3 is 10.2 Å². The lowest BCUT2D eigenvalue weighted by Crippen LogP contribution is -2.10. The molecule has 2 heterocycles. The Morgan fingerprint density at radius 1 is 1.19 bits per heavy atom. The molecule has 1 aromatic heterocycles. The first-order valence-electron chi connectivity index (χ1n) is 7.63. The van der Waals surface area contributed by atoms with Gasteiger partial charge in [-0.15, -0.1) is 0 Å². The summed E-state index contributed by atoms with van der Waals surface area (Å²) in [6, 6.07) is 7.85. The molecule has 0 saturated heterocycles. The van der Waals surface area contributed by atoms with Crippen molar-refractivity contribution in [1.29, 1.82) is 0 Å². The van der Waals surface area contributed by atoms with E-state index in [1.807, 2.05) is 0 Å². The van der Waals surface area contributed by atoms with Gasteiger partial charge in [0.15, 0.2) is 0 Å². The quantitative estimate of drug-likeness (QED) is 0.782. The number of aromatic nitrogens is 1. The summed E-state index contributed by atoms with van der Waals surface area (Å²) in [6.07, 6.45) is -2.14. The number of nitrogens with one attached hydrogen (secondary N) is 2. The van der Waals surface area contributed by atoms with Crippen LogP contribution in [0, 0.1) is 0 Å². The Bertz CT molecular complexity index is 799. The summed E-state index contributed by atoms with van der Waals surface area (Å²) in [5, 5.41) is 6.87. The van der Waals surface area contributed by atoms with Crippen LogP contribution < -0.4 is 10.0 Å². The Morgan fingerprint density at radius 3 is 2.30 bits per heavy atom. The number of benzene rings is 1. The van der Waals surface area contributed by atoms with Crippen LogP contribution in [0.1, 0.15) is 12.0 Å². The van der Waals surface area contributed by atoms with E-state index in [-0.39, 0.29) is 0 Å². The van der Waals surface area contributed by atoms with Crippen LogP contribution in [-0.4, -0.2) is 28.0 Å². The normalized spacial score (nSPS) is 14.5. The molecule has 1 unspecified atom stereocenters. The zero-order chi connectivity index (χ0) is 19.9. The van der Waals surface area contributed by atoms with Crippen molar-refractivity contribution in [2.75, 3.05) is 19.0 Å². The summed E-state index contributed by atoms with van der Waals surface area (Å²) in [7, 11) is 0.237. The Labute approximate surface area is 161 Å². The lowest BCUT2D eigenvalue weighted by Gasteiger charge is -2.09. The molecule has 27 heavy (non-hydrogen) atoms. The molecular weight excluding hydrogens is 405 g/mol. The second-order valence-corrected chi connectivity index (χ2v) is 6.96. The van der Waals surface area contributed by atoms with Crippen molar-refractivity contribution in [3.8, 4) is 0 Å². The number of nitrogens with zero attached hydrogens (tertiary/aromatic N) is 2. The molecule has 0 fully saturated rings. The molecule has 1 aliphatic heterocycles. The van der Waals surface area contributed by atoms with Crippen molar-refractivity contribution in [2.24, 2.45) is 5.16 Å². The smallest absolute Gasteiger partial charge is 0.394 e. The summed E-state index contributed by atoms with van der Waals surface area (Å²) in [4.78, 5) is 9.07. The molecule has 1 atom stereocenters. The Hall–Kier alpha value is -2.17. The highest BCUT2D eigenvalue weighted by Gasteiger charge is 2.29. The third kappa shape index (κ3) is 6.81. The molecule has 0 bridgehead atoms. The average molecular weight is 421 g/mol. The van der Waals surface area contributed by atoms with Gasteiger partial charge in [-0.05, 0) is 43.4 Å². The van der Waals surface area contributed by atoms with Gasteiger partial charge in [0.1, 0.15) is 28.6 Å². The maximum absolute atomic E-state index is 12.4. The van der Waals surface area contributed by atoms with Gasteiger partial charge in [0.25, 0.3) is 0 Å². The molecule has 1 aliphatic rings. The fourth-order valence-corrected chi connectivity index (χ4v) is 2.57. The highest BCUT2D eigenvalue weighted by Crippen LogP contribution is 2.30. The fraction of sp³-hybridized carbons (Fsp3) is 0.250. The number of oxime groups is 1. The molecule has 0 radical (unpaired) electrons. The molecule has 146 valence electrons. The van der Waals surface area contributed by atoms with E-state index in [9.17, 15) is 17.4 Å². The third-order valence-electron chi connectivity index (χ3n) is 3.18. The second kappa shape index (κ2) is 9.67. The van der Waals surface area contributed by atoms with Crippen LogP contribution in [0.2, 0.25) is 0 Å². The van der Waals surface area contributed by atoms with Crippen LogP contribution in [-0.2, 0) is 22.0 Å². The third-order valence-corrected chi connectivity index (χ3v) is 4.48. The van der Waals surface area contributed by atoms with Gasteiger partial charge in [-0.2, -0.15) is 13.2 Å². The zero-order valence-corrected chi connectivity index (χ0v) is 15.7. The van der Waals surface area contributed by atoms with E-state index in [0.717, 1.165) is 18.6 Å². The molecule has 2 aromatic rings. The minimum absolute atomic E-state index is 0.451. The minimum atomic E-state index is -4.35. The van der Waals surface area contributed by atoms with Crippen molar-refractivity contribution < 1.29 is 22.2 Å². The Morgan fingerprint density at radius 2 is 1.89 bits per heavy atom. The average Bonchev–Trinajstić information content (AvgIpc) is 3.13. The number of hydrogen-bond acceptors (Lipinski definition) is 5. The summed E-state index contributed by atoms with van der Waals surface area (Å²) >= 11 is 5.34. The van der Waals surface area contributed by atoms with Crippen molar-refractivity contribution in [2.45, 2.75) is 17.5 Å². The van der Waals surface area contributed by atoms with E-state index in [4.69, 9.17) is 11.6 Å². The molecule has 11 heteroatoms. The minimum Gasteiger partial charge on any atom is -0.394 e. The van der Waals surface area contributed by atoms with Gasteiger partial charge in [0, 0.05) is 18.3 Å². The highest BCUT2D eigenvalue weighted by atomic mass is 35.5.